The normalized spacial score (nSPS) is 16.1. The first-order chi connectivity index (χ1) is 13.6. The third-order valence-electron chi connectivity index (χ3n) is 4.40. The third-order valence-corrected chi connectivity index (χ3v) is 5.72. The molecule has 3 aromatic rings. The third kappa shape index (κ3) is 3.60. The molecule has 1 aliphatic rings. The zero-order chi connectivity index (χ0) is 20.8. The van der Waals surface area contributed by atoms with Crippen molar-refractivity contribution in [1.29, 1.82) is 0 Å². The van der Waals surface area contributed by atoms with Crippen LogP contribution in [-0.2, 0) is 16.2 Å². The highest BCUT2D eigenvalue weighted by Crippen LogP contribution is 2.38. The molecule has 2 aromatic heterocycles. The monoisotopic (exact) mass is 421 g/mol. The Hall–Kier alpha value is -3.21. The minimum Gasteiger partial charge on any atom is -0.279 e. The summed E-state index contributed by atoms with van der Waals surface area (Å²) in [5.41, 5.74) is 0.913. The molecule has 0 radical (unpaired) electrons. The Kier molecular flexibility index (Phi) is 4.41. The Labute approximate surface area is 164 Å². The fraction of sp³-hybridized carbons (Fsp3) is 0.167. The summed E-state index contributed by atoms with van der Waals surface area (Å²) < 4.78 is 67.7. The Morgan fingerprint density at radius 2 is 2.00 bits per heavy atom. The summed E-state index contributed by atoms with van der Waals surface area (Å²) in [6.45, 7) is 1.89. The van der Waals surface area contributed by atoms with Crippen LogP contribution in [0.15, 0.2) is 58.8 Å². The number of nitrogens with zero attached hydrogens (tertiary/aromatic N) is 4. The van der Waals surface area contributed by atoms with Crippen LogP contribution in [0.1, 0.15) is 24.0 Å². The highest BCUT2D eigenvalue weighted by molar-refractivity contribution is 7.92. The van der Waals surface area contributed by atoms with Crippen molar-refractivity contribution in [3.05, 3.63) is 60.0 Å². The molecule has 0 fully saturated rings. The van der Waals surface area contributed by atoms with E-state index in [9.17, 15) is 21.6 Å². The molecule has 150 valence electrons. The summed E-state index contributed by atoms with van der Waals surface area (Å²) in [6.07, 6.45) is 0.315. The Morgan fingerprint density at radius 1 is 1.21 bits per heavy atom. The van der Waals surface area contributed by atoms with Crippen LogP contribution in [0.25, 0.3) is 5.82 Å². The van der Waals surface area contributed by atoms with E-state index in [-0.39, 0.29) is 16.6 Å². The van der Waals surface area contributed by atoms with Crippen molar-refractivity contribution in [2.45, 2.75) is 23.9 Å². The lowest BCUT2D eigenvalue weighted by molar-refractivity contribution is -0.137. The fourth-order valence-corrected chi connectivity index (χ4v) is 4.00. The smallest absolute Gasteiger partial charge is 0.279 e. The minimum absolute atomic E-state index is 0.0547. The highest BCUT2D eigenvalue weighted by Gasteiger charge is 2.31. The topological polar surface area (TPSA) is 89.2 Å². The van der Waals surface area contributed by atoms with E-state index in [2.05, 4.69) is 19.8 Å². The lowest BCUT2D eigenvalue weighted by Crippen LogP contribution is -2.14. The molecule has 0 saturated heterocycles. The molecule has 0 spiro atoms. The second-order valence-corrected chi connectivity index (χ2v) is 8.11. The number of benzene rings is 1. The van der Waals surface area contributed by atoms with Gasteiger partial charge in [0.15, 0.2) is 5.82 Å². The van der Waals surface area contributed by atoms with Gasteiger partial charge in [0.05, 0.1) is 29.3 Å². The van der Waals surface area contributed by atoms with E-state index in [1.54, 1.807) is 24.4 Å². The number of aliphatic imine (C=N–C) groups is 1. The average Bonchev–Trinajstić information content (AvgIpc) is 3.30. The van der Waals surface area contributed by atoms with Crippen molar-refractivity contribution in [3.63, 3.8) is 0 Å². The van der Waals surface area contributed by atoms with E-state index < -0.39 is 21.8 Å². The molecule has 4 rings (SSSR count). The van der Waals surface area contributed by atoms with E-state index in [0.717, 1.165) is 41.0 Å². The summed E-state index contributed by atoms with van der Waals surface area (Å²) in [5, 5.41) is 3.85. The van der Waals surface area contributed by atoms with E-state index >= 15 is 0 Å². The molecule has 3 heterocycles. The van der Waals surface area contributed by atoms with Gasteiger partial charge in [-0.3, -0.25) is 9.71 Å². The quantitative estimate of drug-likeness (QED) is 0.692. The molecule has 7 nitrogen and oxygen atoms in total. The van der Waals surface area contributed by atoms with E-state index in [0.29, 0.717) is 11.4 Å². The maximum Gasteiger partial charge on any atom is 0.416 e. The maximum absolute atomic E-state index is 12.9. The van der Waals surface area contributed by atoms with Crippen molar-refractivity contribution in [3.8, 4) is 5.82 Å². The Morgan fingerprint density at radius 3 is 2.76 bits per heavy atom. The standard InChI is InChI=1S/C18H14F3N5O2S/c1-11-8-23-14-3-2-4-15(17(11)14)25-29(27,28)13-9-24-26(10-13)16-7-12(5-6-22-16)18(19,20)21/h2-11,25H,1H3. The minimum atomic E-state index is -4.55. The van der Waals surface area contributed by atoms with Gasteiger partial charge < -0.3 is 0 Å². The predicted octanol–water partition coefficient (Wildman–Crippen LogP) is 3.91. The van der Waals surface area contributed by atoms with Gasteiger partial charge in [0.1, 0.15) is 4.90 Å². The average molecular weight is 421 g/mol. The molecule has 1 aromatic carbocycles. The Bertz CT molecular complexity index is 1220. The lowest BCUT2D eigenvalue weighted by atomic mass is 10.0. The van der Waals surface area contributed by atoms with Crippen LogP contribution in [0.3, 0.4) is 0 Å². The second kappa shape index (κ2) is 6.69. The molecule has 1 atom stereocenters. The van der Waals surface area contributed by atoms with Crippen molar-refractivity contribution in [2.24, 2.45) is 4.99 Å². The zero-order valence-corrected chi connectivity index (χ0v) is 15.7. The number of fused-ring (bicyclic) bond motifs is 1. The van der Waals surface area contributed by atoms with Gasteiger partial charge in [-0.25, -0.2) is 18.1 Å². The molecule has 0 saturated carbocycles. The van der Waals surface area contributed by atoms with Gasteiger partial charge in [-0.05, 0) is 24.3 Å². The fourth-order valence-electron chi connectivity index (χ4n) is 2.99. The maximum atomic E-state index is 12.9. The lowest BCUT2D eigenvalue weighted by Gasteiger charge is -2.13. The number of aromatic nitrogens is 3. The Balaban J connectivity index is 1.64. The molecule has 0 aliphatic carbocycles. The first-order valence-corrected chi connectivity index (χ1v) is 9.92. The second-order valence-electron chi connectivity index (χ2n) is 6.43. The molecule has 1 aliphatic heterocycles. The van der Waals surface area contributed by atoms with Crippen LogP contribution >= 0.6 is 0 Å². The summed E-state index contributed by atoms with van der Waals surface area (Å²) in [5.74, 6) is -0.204. The van der Waals surface area contributed by atoms with Crippen LogP contribution in [0.4, 0.5) is 24.5 Å². The van der Waals surface area contributed by atoms with Gasteiger partial charge in [0.25, 0.3) is 10.0 Å². The van der Waals surface area contributed by atoms with E-state index in [1.807, 2.05) is 6.92 Å². The van der Waals surface area contributed by atoms with Gasteiger partial charge in [0, 0.05) is 23.9 Å². The zero-order valence-electron chi connectivity index (χ0n) is 14.9. The van der Waals surface area contributed by atoms with Crippen molar-refractivity contribution >= 4 is 27.6 Å². The van der Waals surface area contributed by atoms with Gasteiger partial charge in [-0.1, -0.05) is 13.0 Å². The first kappa shape index (κ1) is 19.1. The predicted molar refractivity (Wildman–Crippen MR) is 100 cm³/mol. The summed E-state index contributed by atoms with van der Waals surface area (Å²) in [4.78, 5) is 7.86. The number of hydrogen-bond acceptors (Lipinski definition) is 5. The SMILES string of the molecule is CC1C=Nc2cccc(NS(=O)(=O)c3cnn(-c4cc(C(F)(F)F)ccn4)c3)c21. The molecular formula is C18H14F3N5O2S. The molecule has 1 unspecified atom stereocenters. The number of nitrogens with one attached hydrogen (secondary N) is 1. The van der Waals surface area contributed by atoms with Crippen LogP contribution in [0.2, 0.25) is 0 Å². The number of alkyl halides is 3. The number of anilines is 1. The van der Waals surface area contributed by atoms with Crippen LogP contribution in [0, 0.1) is 0 Å². The number of sulfonamides is 1. The largest absolute Gasteiger partial charge is 0.416 e. The van der Waals surface area contributed by atoms with E-state index in [4.69, 9.17) is 0 Å². The number of hydrogen-bond donors (Lipinski definition) is 1. The van der Waals surface area contributed by atoms with Crippen molar-refractivity contribution < 1.29 is 21.6 Å². The van der Waals surface area contributed by atoms with Gasteiger partial charge in [0.2, 0.25) is 0 Å². The molecule has 0 amide bonds. The number of halogens is 3. The number of rotatable bonds is 4. The summed E-state index contributed by atoms with van der Waals surface area (Å²) in [7, 11) is -4.02. The number of pyridine rings is 1. The van der Waals surface area contributed by atoms with Crippen molar-refractivity contribution in [2.75, 3.05) is 4.72 Å². The van der Waals surface area contributed by atoms with Crippen LogP contribution in [-0.4, -0.2) is 29.4 Å². The van der Waals surface area contributed by atoms with Gasteiger partial charge >= 0.3 is 6.18 Å². The van der Waals surface area contributed by atoms with Crippen LogP contribution in [0.5, 0.6) is 0 Å². The molecule has 29 heavy (non-hydrogen) atoms. The van der Waals surface area contributed by atoms with Gasteiger partial charge in [-0.2, -0.15) is 18.3 Å². The molecule has 0 bridgehead atoms. The molecule has 11 heteroatoms. The van der Waals surface area contributed by atoms with Crippen molar-refractivity contribution in [1.82, 2.24) is 14.8 Å². The van der Waals surface area contributed by atoms with Crippen LogP contribution < -0.4 is 4.72 Å². The van der Waals surface area contributed by atoms with Gasteiger partial charge in [-0.15, -0.1) is 0 Å². The first-order valence-electron chi connectivity index (χ1n) is 8.43. The molecular weight excluding hydrogens is 407 g/mol. The molecule has 1 N–H and O–H groups in total. The summed E-state index contributed by atoms with van der Waals surface area (Å²) >= 11 is 0. The summed E-state index contributed by atoms with van der Waals surface area (Å²) in [6, 6.07) is 6.71. The highest BCUT2D eigenvalue weighted by atomic mass is 32.2. The van der Waals surface area contributed by atoms with E-state index in [1.165, 1.54) is 0 Å².